The highest BCUT2D eigenvalue weighted by atomic mass is 32.2. The molecule has 0 atom stereocenters. The van der Waals surface area contributed by atoms with E-state index in [-0.39, 0.29) is 11.4 Å². The standard InChI is InChI=1S/C17H20N2O4S/c1-3-23-15-11-9-14(10-12-15)19(13-17(20)18-2)24(21,22)16-7-5-4-6-8-16/h4-12H,3,13H2,1-2H3,(H,18,20). The number of rotatable bonds is 7. The molecule has 0 spiro atoms. The van der Waals surface area contributed by atoms with Crippen LogP contribution in [0.15, 0.2) is 59.5 Å². The van der Waals surface area contributed by atoms with E-state index in [2.05, 4.69) is 5.32 Å². The molecule has 2 aromatic carbocycles. The third-order valence-corrected chi connectivity index (χ3v) is 5.12. The first-order valence-electron chi connectivity index (χ1n) is 7.50. The van der Waals surface area contributed by atoms with Crippen molar-refractivity contribution in [3.8, 4) is 5.75 Å². The molecule has 0 aliphatic rings. The molecule has 0 bridgehead atoms. The topological polar surface area (TPSA) is 75.7 Å². The lowest BCUT2D eigenvalue weighted by Gasteiger charge is -2.24. The minimum atomic E-state index is -3.85. The third kappa shape index (κ3) is 4.05. The molecule has 0 aliphatic heterocycles. The number of carbonyl (C=O) groups excluding carboxylic acids is 1. The molecule has 2 rings (SSSR count). The van der Waals surface area contributed by atoms with Gasteiger partial charge in [0.2, 0.25) is 5.91 Å². The Bertz CT molecular complexity index is 774. The third-order valence-electron chi connectivity index (χ3n) is 3.33. The highest BCUT2D eigenvalue weighted by molar-refractivity contribution is 7.92. The number of amides is 1. The van der Waals surface area contributed by atoms with E-state index >= 15 is 0 Å². The average Bonchev–Trinajstić information content (AvgIpc) is 2.61. The number of carbonyl (C=O) groups is 1. The van der Waals surface area contributed by atoms with Gasteiger partial charge in [-0.15, -0.1) is 0 Å². The van der Waals surface area contributed by atoms with Gasteiger partial charge in [0.25, 0.3) is 10.0 Å². The zero-order chi connectivity index (χ0) is 17.6. The van der Waals surface area contributed by atoms with Crippen molar-refractivity contribution in [3.05, 3.63) is 54.6 Å². The summed E-state index contributed by atoms with van der Waals surface area (Å²) in [4.78, 5) is 11.9. The number of nitrogens with zero attached hydrogens (tertiary/aromatic N) is 1. The first-order chi connectivity index (χ1) is 11.5. The molecule has 6 nitrogen and oxygen atoms in total. The molecule has 0 saturated carbocycles. The predicted octanol–water partition coefficient (Wildman–Crippen LogP) is 2.03. The Kier molecular flexibility index (Phi) is 5.81. The molecule has 24 heavy (non-hydrogen) atoms. The first kappa shape index (κ1) is 17.8. The molecule has 2 aromatic rings. The van der Waals surface area contributed by atoms with Crippen LogP contribution in [0.5, 0.6) is 5.75 Å². The quantitative estimate of drug-likeness (QED) is 0.831. The minimum Gasteiger partial charge on any atom is -0.494 e. The molecule has 1 N–H and O–H groups in total. The fourth-order valence-electron chi connectivity index (χ4n) is 2.12. The maximum absolute atomic E-state index is 12.9. The van der Waals surface area contributed by atoms with Crippen LogP contribution in [0.4, 0.5) is 5.69 Å². The van der Waals surface area contributed by atoms with E-state index in [9.17, 15) is 13.2 Å². The van der Waals surface area contributed by atoms with E-state index in [1.165, 1.54) is 19.2 Å². The van der Waals surface area contributed by atoms with Crippen LogP contribution in [-0.2, 0) is 14.8 Å². The monoisotopic (exact) mass is 348 g/mol. The second-order valence-electron chi connectivity index (χ2n) is 4.92. The average molecular weight is 348 g/mol. The van der Waals surface area contributed by atoms with Crippen LogP contribution in [0.1, 0.15) is 6.92 Å². The number of benzene rings is 2. The summed E-state index contributed by atoms with van der Waals surface area (Å²) in [7, 11) is -2.39. The molecule has 7 heteroatoms. The zero-order valence-corrected chi connectivity index (χ0v) is 14.4. The van der Waals surface area contributed by atoms with Crippen molar-refractivity contribution in [1.29, 1.82) is 0 Å². The highest BCUT2D eigenvalue weighted by Crippen LogP contribution is 2.25. The lowest BCUT2D eigenvalue weighted by molar-refractivity contribution is -0.119. The molecule has 0 unspecified atom stereocenters. The van der Waals surface area contributed by atoms with Gasteiger partial charge in [0, 0.05) is 7.05 Å². The Labute approximate surface area is 142 Å². The number of nitrogens with one attached hydrogen (secondary N) is 1. The fraction of sp³-hybridized carbons (Fsp3) is 0.235. The van der Waals surface area contributed by atoms with Gasteiger partial charge in [0.05, 0.1) is 17.2 Å². The number of ether oxygens (including phenoxy) is 1. The van der Waals surface area contributed by atoms with E-state index in [1.54, 1.807) is 42.5 Å². The van der Waals surface area contributed by atoms with Crippen LogP contribution in [-0.4, -0.2) is 34.5 Å². The summed E-state index contributed by atoms with van der Waals surface area (Å²) in [5.41, 5.74) is 0.394. The normalized spacial score (nSPS) is 10.9. The van der Waals surface area contributed by atoms with Crippen LogP contribution in [0.3, 0.4) is 0 Å². The van der Waals surface area contributed by atoms with Gasteiger partial charge in [-0.25, -0.2) is 8.42 Å². The molecule has 0 aliphatic carbocycles. The van der Waals surface area contributed by atoms with Gasteiger partial charge in [0.1, 0.15) is 12.3 Å². The Morgan fingerprint density at radius 3 is 2.25 bits per heavy atom. The molecular weight excluding hydrogens is 328 g/mol. The molecule has 1 amide bonds. The van der Waals surface area contributed by atoms with Crippen molar-refractivity contribution in [1.82, 2.24) is 5.32 Å². The van der Waals surface area contributed by atoms with Crippen molar-refractivity contribution in [2.45, 2.75) is 11.8 Å². The van der Waals surface area contributed by atoms with Gasteiger partial charge in [-0.05, 0) is 43.3 Å². The van der Waals surface area contributed by atoms with Gasteiger partial charge < -0.3 is 10.1 Å². The van der Waals surface area contributed by atoms with E-state index < -0.39 is 15.9 Å². The van der Waals surface area contributed by atoms with Crippen molar-refractivity contribution in [2.75, 3.05) is 24.5 Å². The number of anilines is 1. The van der Waals surface area contributed by atoms with Gasteiger partial charge in [0.15, 0.2) is 0 Å². The van der Waals surface area contributed by atoms with E-state index in [1.807, 2.05) is 6.92 Å². The van der Waals surface area contributed by atoms with Crippen LogP contribution in [0.2, 0.25) is 0 Å². The maximum Gasteiger partial charge on any atom is 0.264 e. The van der Waals surface area contributed by atoms with Crippen LogP contribution in [0.25, 0.3) is 0 Å². The summed E-state index contributed by atoms with van der Waals surface area (Å²) in [6.45, 7) is 2.08. The number of likely N-dealkylation sites (N-methyl/N-ethyl adjacent to an activating group) is 1. The van der Waals surface area contributed by atoms with E-state index in [0.29, 0.717) is 18.0 Å². The molecule has 0 radical (unpaired) electrons. The molecule has 0 heterocycles. The summed E-state index contributed by atoms with van der Waals surface area (Å²) in [5, 5.41) is 2.45. The molecule has 0 aromatic heterocycles. The molecule has 0 saturated heterocycles. The highest BCUT2D eigenvalue weighted by Gasteiger charge is 2.26. The van der Waals surface area contributed by atoms with Crippen molar-refractivity contribution >= 4 is 21.6 Å². The van der Waals surface area contributed by atoms with E-state index in [0.717, 1.165) is 4.31 Å². The van der Waals surface area contributed by atoms with Crippen molar-refractivity contribution < 1.29 is 17.9 Å². The number of hydrogen-bond donors (Lipinski definition) is 1. The van der Waals surface area contributed by atoms with Crippen molar-refractivity contribution in [3.63, 3.8) is 0 Å². The lowest BCUT2D eigenvalue weighted by Crippen LogP contribution is -2.39. The molecule has 128 valence electrons. The predicted molar refractivity (Wildman–Crippen MR) is 92.7 cm³/mol. The largest absolute Gasteiger partial charge is 0.494 e. The maximum atomic E-state index is 12.9. The molecular formula is C17H20N2O4S. The smallest absolute Gasteiger partial charge is 0.264 e. The van der Waals surface area contributed by atoms with Crippen molar-refractivity contribution in [2.24, 2.45) is 0 Å². The van der Waals surface area contributed by atoms with Gasteiger partial charge >= 0.3 is 0 Å². The van der Waals surface area contributed by atoms with Gasteiger partial charge in [-0.3, -0.25) is 9.10 Å². The summed E-state index contributed by atoms with van der Waals surface area (Å²) in [6, 6.07) is 14.6. The Morgan fingerprint density at radius 1 is 1.08 bits per heavy atom. The number of hydrogen-bond acceptors (Lipinski definition) is 4. The summed E-state index contributed by atoms with van der Waals surface area (Å²) < 4.78 is 32.3. The SMILES string of the molecule is CCOc1ccc(N(CC(=O)NC)S(=O)(=O)c2ccccc2)cc1. The van der Waals surface area contributed by atoms with Gasteiger partial charge in [-0.2, -0.15) is 0 Å². The second kappa shape index (κ2) is 7.83. The van der Waals surface area contributed by atoms with E-state index in [4.69, 9.17) is 4.74 Å². The van der Waals surface area contributed by atoms with Crippen LogP contribution in [0, 0.1) is 0 Å². The zero-order valence-electron chi connectivity index (χ0n) is 13.6. The lowest BCUT2D eigenvalue weighted by atomic mass is 10.3. The van der Waals surface area contributed by atoms with Crippen LogP contribution >= 0.6 is 0 Å². The second-order valence-corrected chi connectivity index (χ2v) is 6.79. The van der Waals surface area contributed by atoms with Crippen LogP contribution < -0.4 is 14.4 Å². The summed E-state index contributed by atoms with van der Waals surface area (Å²) in [5.74, 6) is 0.238. The Morgan fingerprint density at radius 2 is 1.71 bits per heavy atom. The Hall–Kier alpha value is -2.54. The summed E-state index contributed by atoms with van der Waals surface area (Å²) >= 11 is 0. The fourth-order valence-corrected chi connectivity index (χ4v) is 3.56. The summed E-state index contributed by atoms with van der Waals surface area (Å²) in [6.07, 6.45) is 0. The Balaban J connectivity index is 2.43. The van der Waals surface area contributed by atoms with Gasteiger partial charge in [-0.1, -0.05) is 18.2 Å². The molecule has 0 fully saturated rings. The first-order valence-corrected chi connectivity index (χ1v) is 8.94. The minimum absolute atomic E-state index is 0.128. The number of sulfonamides is 1.